The molecule has 4 rings (SSSR count). The summed E-state index contributed by atoms with van der Waals surface area (Å²) < 4.78 is 2.00. The van der Waals surface area contributed by atoms with Gasteiger partial charge >= 0.3 is 0 Å². The lowest BCUT2D eigenvalue weighted by atomic mass is 10.2. The molecule has 2 heterocycles. The van der Waals surface area contributed by atoms with Crippen molar-refractivity contribution >= 4 is 23.4 Å². The molecule has 1 aliphatic rings. The van der Waals surface area contributed by atoms with Crippen LogP contribution < -0.4 is 4.90 Å². The molecule has 0 N–H and O–H groups in total. The van der Waals surface area contributed by atoms with Gasteiger partial charge in [-0.3, -0.25) is 9.36 Å². The van der Waals surface area contributed by atoms with Crippen molar-refractivity contribution in [3.63, 3.8) is 0 Å². The number of para-hydroxylation sites is 1. The van der Waals surface area contributed by atoms with Crippen LogP contribution in [0.2, 0.25) is 0 Å². The Kier molecular flexibility index (Phi) is 4.51. The van der Waals surface area contributed by atoms with E-state index < -0.39 is 0 Å². The zero-order valence-electron chi connectivity index (χ0n) is 14.8. The van der Waals surface area contributed by atoms with Gasteiger partial charge in [-0.2, -0.15) is 0 Å². The van der Waals surface area contributed by atoms with Gasteiger partial charge < -0.3 is 4.90 Å². The molecule has 1 aromatic heterocycles. The number of nitrogens with zero attached hydrogens (tertiary/aromatic N) is 4. The Morgan fingerprint density at radius 3 is 2.65 bits per heavy atom. The Morgan fingerprint density at radius 1 is 1.08 bits per heavy atom. The summed E-state index contributed by atoms with van der Waals surface area (Å²) in [5, 5.41) is 9.20. The zero-order valence-corrected chi connectivity index (χ0v) is 15.7. The third-order valence-electron chi connectivity index (χ3n) is 4.60. The highest BCUT2D eigenvalue weighted by Crippen LogP contribution is 2.29. The zero-order chi connectivity index (χ0) is 18.1. The van der Waals surface area contributed by atoms with Crippen LogP contribution in [0.3, 0.4) is 0 Å². The molecule has 0 unspecified atom stereocenters. The molecule has 0 radical (unpaired) electrons. The van der Waals surface area contributed by atoms with Gasteiger partial charge in [0.25, 0.3) is 0 Å². The number of hydrogen-bond acceptors (Lipinski definition) is 4. The fourth-order valence-corrected chi connectivity index (χ4v) is 4.10. The van der Waals surface area contributed by atoms with Gasteiger partial charge in [-0.05, 0) is 44.0 Å². The van der Waals surface area contributed by atoms with Gasteiger partial charge in [0.2, 0.25) is 5.91 Å². The van der Waals surface area contributed by atoms with E-state index >= 15 is 0 Å². The van der Waals surface area contributed by atoms with Crippen LogP contribution in [-0.2, 0) is 11.2 Å². The SMILES string of the molecule is Cc1ccc(-n2c(C)nnc2SCC(=O)N2CCc3ccccc32)cc1. The highest BCUT2D eigenvalue weighted by molar-refractivity contribution is 7.99. The summed E-state index contributed by atoms with van der Waals surface area (Å²) in [6.07, 6.45) is 0.922. The number of fused-ring (bicyclic) bond motifs is 1. The highest BCUT2D eigenvalue weighted by atomic mass is 32.2. The van der Waals surface area contributed by atoms with Crippen LogP contribution in [0.1, 0.15) is 17.0 Å². The lowest BCUT2D eigenvalue weighted by Crippen LogP contribution is -2.30. The number of hydrogen-bond donors (Lipinski definition) is 0. The largest absolute Gasteiger partial charge is 0.311 e. The maximum absolute atomic E-state index is 12.7. The molecule has 26 heavy (non-hydrogen) atoms. The molecule has 0 fully saturated rings. The van der Waals surface area contributed by atoms with Gasteiger partial charge in [-0.1, -0.05) is 47.7 Å². The molecule has 0 saturated carbocycles. The molecule has 0 saturated heterocycles. The minimum atomic E-state index is 0.107. The molecule has 6 heteroatoms. The Balaban J connectivity index is 1.51. The van der Waals surface area contributed by atoms with E-state index in [9.17, 15) is 4.79 Å². The number of aromatic nitrogens is 3. The summed E-state index contributed by atoms with van der Waals surface area (Å²) in [7, 11) is 0. The van der Waals surface area contributed by atoms with E-state index in [1.54, 1.807) is 0 Å². The van der Waals surface area contributed by atoms with E-state index in [0.29, 0.717) is 5.75 Å². The lowest BCUT2D eigenvalue weighted by Gasteiger charge is -2.17. The number of aryl methyl sites for hydroxylation is 2. The van der Waals surface area contributed by atoms with Crippen LogP contribution in [0.4, 0.5) is 5.69 Å². The van der Waals surface area contributed by atoms with Crippen molar-refractivity contribution in [2.24, 2.45) is 0 Å². The minimum absolute atomic E-state index is 0.107. The van der Waals surface area contributed by atoms with Crippen molar-refractivity contribution in [2.45, 2.75) is 25.4 Å². The second-order valence-electron chi connectivity index (χ2n) is 6.41. The predicted molar refractivity (Wildman–Crippen MR) is 104 cm³/mol. The van der Waals surface area contributed by atoms with E-state index in [2.05, 4.69) is 35.3 Å². The standard InChI is InChI=1S/C20H20N4OS/c1-14-7-9-17(10-8-14)24-15(2)21-22-20(24)26-13-19(25)23-12-11-16-5-3-4-6-18(16)23/h3-10H,11-13H2,1-2H3. The third kappa shape index (κ3) is 3.12. The van der Waals surface area contributed by atoms with Crippen LogP contribution in [0.25, 0.3) is 5.69 Å². The molecule has 0 bridgehead atoms. The van der Waals surface area contributed by atoms with Gasteiger partial charge in [0.05, 0.1) is 5.75 Å². The van der Waals surface area contributed by atoms with Crippen molar-refractivity contribution in [2.75, 3.05) is 17.2 Å². The summed E-state index contributed by atoms with van der Waals surface area (Å²) in [6, 6.07) is 16.3. The molecular weight excluding hydrogens is 344 g/mol. The number of amides is 1. The first-order valence-corrected chi connectivity index (χ1v) is 9.62. The number of carbonyl (C=O) groups excluding carboxylic acids is 1. The Morgan fingerprint density at radius 2 is 1.85 bits per heavy atom. The summed E-state index contributed by atoms with van der Waals surface area (Å²) >= 11 is 1.43. The third-order valence-corrected chi connectivity index (χ3v) is 5.51. The van der Waals surface area contributed by atoms with Crippen LogP contribution in [-0.4, -0.2) is 33.0 Å². The lowest BCUT2D eigenvalue weighted by molar-refractivity contribution is -0.116. The normalized spacial score (nSPS) is 13.1. The molecule has 0 atom stereocenters. The first kappa shape index (κ1) is 16.8. The van der Waals surface area contributed by atoms with Gasteiger partial charge in [0.15, 0.2) is 5.16 Å². The average molecular weight is 364 g/mol. The van der Waals surface area contributed by atoms with Gasteiger partial charge in [-0.25, -0.2) is 0 Å². The van der Waals surface area contributed by atoms with Crippen molar-refractivity contribution in [1.29, 1.82) is 0 Å². The quantitative estimate of drug-likeness (QED) is 0.664. The number of rotatable bonds is 4. The Labute approximate surface area is 157 Å². The maximum atomic E-state index is 12.7. The molecule has 1 aliphatic heterocycles. The predicted octanol–water partition coefficient (Wildman–Crippen LogP) is 3.57. The topological polar surface area (TPSA) is 51.0 Å². The van der Waals surface area contributed by atoms with Gasteiger partial charge in [0, 0.05) is 17.9 Å². The van der Waals surface area contributed by atoms with E-state index in [0.717, 1.165) is 35.3 Å². The molecule has 3 aromatic rings. The second kappa shape index (κ2) is 6.96. The molecule has 2 aromatic carbocycles. The fraction of sp³-hybridized carbons (Fsp3) is 0.250. The number of thioether (sulfide) groups is 1. The fourth-order valence-electron chi connectivity index (χ4n) is 3.23. The van der Waals surface area contributed by atoms with E-state index in [-0.39, 0.29) is 5.91 Å². The Bertz CT molecular complexity index is 949. The summed E-state index contributed by atoms with van der Waals surface area (Å²) in [5.74, 6) is 1.27. The van der Waals surface area contributed by atoms with Crippen LogP contribution >= 0.6 is 11.8 Å². The molecule has 1 amide bonds. The second-order valence-corrected chi connectivity index (χ2v) is 7.36. The Hall–Kier alpha value is -2.60. The van der Waals surface area contributed by atoms with Crippen molar-refractivity contribution in [3.8, 4) is 5.69 Å². The van der Waals surface area contributed by atoms with E-state index in [1.165, 1.54) is 22.9 Å². The van der Waals surface area contributed by atoms with Crippen molar-refractivity contribution in [3.05, 3.63) is 65.5 Å². The van der Waals surface area contributed by atoms with Crippen molar-refractivity contribution in [1.82, 2.24) is 14.8 Å². The maximum Gasteiger partial charge on any atom is 0.237 e. The summed E-state index contributed by atoms with van der Waals surface area (Å²) in [6.45, 7) is 4.74. The highest BCUT2D eigenvalue weighted by Gasteiger charge is 2.24. The van der Waals surface area contributed by atoms with E-state index in [1.807, 2.05) is 46.7 Å². The molecule has 132 valence electrons. The number of benzene rings is 2. The average Bonchev–Trinajstić information content (AvgIpc) is 3.24. The first-order valence-electron chi connectivity index (χ1n) is 8.63. The monoisotopic (exact) mass is 364 g/mol. The summed E-state index contributed by atoms with van der Waals surface area (Å²) in [5.41, 5.74) is 4.50. The van der Waals surface area contributed by atoms with Crippen LogP contribution in [0.15, 0.2) is 53.7 Å². The molecular formula is C20H20N4OS. The van der Waals surface area contributed by atoms with Gasteiger partial charge in [-0.15, -0.1) is 10.2 Å². The van der Waals surface area contributed by atoms with Crippen molar-refractivity contribution < 1.29 is 4.79 Å². The smallest absolute Gasteiger partial charge is 0.237 e. The first-order chi connectivity index (χ1) is 12.6. The van der Waals surface area contributed by atoms with Crippen LogP contribution in [0.5, 0.6) is 0 Å². The van der Waals surface area contributed by atoms with Gasteiger partial charge in [0.1, 0.15) is 5.82 Å². The number of anilines is 1. The van der Waals surface area contributed by atoms with Crippen LogP contribution in [0, 0.1) is 13.8 Å². The van der Waals surface area contributed by atoms with E-state index in [4.69, 9.17) is 0 Å². The molecule has 0 aliphatic carbocycles. The molecule has 5 nitrogen and oxygen atoms in total. The minimum Gasteiger partial charge on any atom is -0.311 e. The summed E-state index contributed by atoms with van der Waals surface area (Å²) in [4.78, 5) is 14.6. The number of carbonyl (C=O) groups is 1. The molecule has 0 spiro atoms.